The van der Waals surface area contributed by atoms with Gasteiger partial charge in [0, 0.05) is 11.6 Å². The van der Waals surface area contributed by atoms with Crippen molar-refractivity contribution in [1.29, 1.82) is 0 Å². The van der Waals surface area contributed by atoms with Crippen molar-refractivity contribution in [2.24, 2.45) is 0 Å². The number of carbonyl (C=O) groups is 2. The first kappa shape index (κ1) is 17.6. The van der Waals surface area contributed by atoms with E-state index in [1.165, 1.54) is 21.1 Å². The molecule has 1 amide bonds. The molecule has 0 bridgehead atoms. The largest absolute Gasteiger partial charge is 0.497 e. The van der Waals surface area contributed by atoms with Crippen molar-refractivity contribution in [2.75, 3.05) is 14.2 Å². The molecule has 7 nitrogen and oxygen atoms in total. The Morgan fingerprint density at radius 1 is 1.14 bits per heavy atom. The third-order valence-electron chi connectivity index (χ3n) is 3.10. The summed E-state index contributed by atoms with van der Waals surface area (Å²) in [5.41, 5.74) is -0.341. The van der Waals surface area contributed by atoms with Crippen LogP contribution in [-0.4, -0.2) is 37.4 Å². The normalized spacial score (nSPS) is 12.2. The fraction of sp³-hybridized carbons (Fsp3) is 0.467. The predicted molar refractivity (Wildman–Crippen MR) is 79.3 cm³/mol. The number of alkyl carbamates (subject to hydrolysis) is 1. The fourth-order valence-electron chi connectivity index (χ4n) is 1.71. The Morgan fingerprint density at radius 2 is 1.64 bits per heavy atom. The maximum absolute atomic E-state index is 11.8. The number of amides is 1. The van der Waals surface area contributed by atoms with Gasteiger partial charge in [0.05, 0.1) is 14.2 Å². The SMILES string of the molecule is COc1cc(OC)cc(C(C)(C)OC(=O)NC(C)C(=O)O)c1. The van der Waals surface area contributed by atoms with E-state index >= 15 is 0 Å². The van der Waals surface area contributed by atoms with Gasteiger partial charge in [-0.2, -0.15) is 0 Å². The van der Waals surface area contributed by atoms with E-state index in [-0.39, 0.29) is 0 Å². The third kappa shape index (κ3) is 4.54. The molecule has 0 spiro atoms. The molecular weight excluding hydrogens is 290 g/mol. The molecule has 0 radical (unpaired) electrons. The molecule has 1 aromatic rings. The molecule has 22 heavy (non-hydrogen) atoms. The minimum absolute atomic E-state index is 0.560. The van der Waals surface area contributed by atoms with Gasteiger partial charge in [0.15, 0.2) is 0 Å². The van der Waals surface area contributed by atoms with E-state index in [1.807, 2.05) is 0 Å². The van der Waals surface area contributed by atoms with Gasteiger partial charge in [-0.05, 0) is 32.9 Å². The van der Waals surface area contributed by atoms with Gasteiger partial charge >= 0.3 is 12.1 Å². The van der Waals surface area contributed by atoms with Gasteiger partial charge in [0.25, 0.3) is 0 Å². The Bertz CT molecular complexity index is 533. The Morgan fingerprint density at radius 3 is 2.05 bits per heavy atom. The van der Waals surface area contributed by atoms with Gasteiger partial charge in [-0.25, -0.2) is 4.79 Å². The van der Waals surface area contributed by atoms with Gasteiger partial charge in [0.1, 0.15) is 23.1 Å². The van der Waals surface area contributed by atoms with Crippen LogP contribution in [0.2, 0.25) is 0 Å². The molecule has 0 saturated carbocycles. The summed E-state index contributed by atoms with van der Waals surface area (Å²) in [5, 5.41) is 11.0. The van der Waals surface area contributed by atoms with Crippen molar-refractivity contribution in [3.8, 4) is 11.5 Å². The van der Waals surface area contributed by atoms with Crippen LogP contribution >= 0.6 is 0 Å². The quantitative estimate of drug-likeness (QED) is 0.836. The number of carboxylic acid groups (broad SMARTS) is 1. The van der Waals surface area contributed by atoms with Gasteiger partial charge < -0.3 is 24.6 Å². The van der Waals surface area contributed by atoms with E-state index in [9.17, 15) is 9.59 Å². The number of hydrogen-bond donors (Lipinski definition) is 2. The topological polar surface area (TPSA) is 94.1 Å². The minimum Gasteiger partial charge on any atom is -0.497 e. The van der Waals surface area contributed by atoms with Crippen LogP contribution < -0.4 is 14.8 Å². The summed E-state index contributed by atoms with van der Waals surface area (Å²) >= 11 is 0. The highest BCUT2D eigenvalue weighted by atomic mass is 16.6. The molecule has 0 fully saturated rings. The van der Waals surface area contributed by atoms with E-state index in [1.54, 1.807) is 32.0 Å². The van der Waals surface area contributed by atoms with Gasteiger partial charge in [-0.1, -0.05) is 0 Å². The molecule has 0 saturated heterocycles. The highest BCUT2D eigenvalue weighted by molar-refractivity contribution is 5.79. The maximum atomic E-state index is 11.8. The van der Waals surface area contributed by atoms with Crippen molar-refractivity contribution in [1.82, 2.24) is 5.32 Å². The van der Waals surface area contributed by atoms with E-state index in [0.717, 1.165) is 0 Å². The minimum atomic E-state index is -1.14. The number of aliphatic carboxylic acids is 1. The summed E-state index contributed by atoms with van der Waals surface area (Å²) in [6.07, 6.45) is -0.818. The Balaban J connectivity index is 2.93. The molecule has 2 N–H and O–H groups in total. The number of ether oxygens (including phenoxy) is 3. The molecule has 0 aliphatic carbocycles. The summed E-state index contributed by atoms with van der Waals surface area (Å²) in [6, 6.07) is 4.10. The molecule has 7 heteroatoms. The first-order valence-corrected chi connectivity index (χ1v) is 6.65. The highest BCUT2D eigenvalue weighted by Crippen LogP contribution is 2.32. The summed E-state index contributed by atoms with van der Waals surface area (Å²) in [6.45, 7) is 4.73. The molecule has 0 heterocycles. The zero-order chi connectivity index (χ0) is 16.9. The first-order valence-electron chi connectivity index (χ1n) is 6.65. The Hall–Kier alpha value is -2.44. The van der Waals surface area contributed by atoms with Crippen molar-refractivity contribution >= 4 is 12.1 Å². The average Bonchev–Trinajstić information content (AvgIpc) is 2.45. The third-order valence-corrected chi connectivity index (χ3v) is 3.10. The number of carbonyl (C=O) groups excluding carboxylic acids is 1. The van der Waals surface area contributed by atoms with Crippen LogP contribution in [0, 0.1) is 0 Å². The lowest BCUT2D eigenvalue weighted by atomic mass is 9.97. The molecule has 1 rings (SSSR count). The molecule has 1 atom stereocenters. The van der Waals surface area contributed by atoms with Crippen LogP contribution in [0.4, 0.5) is 4.79 Å². The summed E-state index contributed by atoms with van der Waals surface area (Å²) in [5.74, 6) is -0.0199. The average molecular weight is 311 g/mol. The second kappa shape index (κ2) is 7.02. The van der Waals surface area contributed by atoms with E-state index in [2.05, 4.69) is 5.32 Å². The monoisotopic (exact) mass is 311 g/mol. The molecule has 0 aliphatic heterocycles. The first-order chi connectivity index (χ1) is 10.2. The van der Waals surface area contributed by atoms with E-state index in [0.29, 0.717) is 17.1 Å². The molecule has 1 unspecified atom stereocenters. The number of carboxylic acids is 1. The Kier molecular flexibility index (Phi) is 5.62. The molecule has 0 aromatic heterocycles. The van der Waals surface area contributed by atoms with Gasteiger partial charge in [-0.15, -0.1) is 0 Å². The lowest BCUT2D eigenvalue weighted by Gasteiger charge is -2.27. The summed E-state index contributed by atoms with van der Waals surface area (Å²) in [7, 11) is 3.04. The maximum Gasteiger partial charge on any atom is 0.408 e. The molecule has 122 valence electrons. The van der Waals surface area contributed by atoms with Crippen LogP contribution in [0.15, 0.2) is 18.2 Å². The molecule has 1 aromatic carbocycles. The van der Waals surface area contributed by atoms with Crippen LogP contribution in [0.3, 0.4) is 0 Å². The fourth-order valence-corrected chi connectivity index (χ4v) is 1.71. The summed E-state index contributed by atoms with van der Waals surface area (Å²) in [4.78, 5) is 22.5. The molecule has 0 aliphatic rings. The summed E-state index contributed by atoms with van der Waals surface area (Å²) < 4.78 is 15.7. The van der Waals surface area contributed by atoms with Crippen molar-refractivity contribution in [2.45, 2.75) is 32.4 Å². The van der Waals surface area contributed by atoms with Crippen molar-refractivity contribution in [3.05, 3.63) is 23.8 Å². The van der Waals surface area contributed by atoms with E-state index < -0.39 is 23.7 Å². The van der Waals surface area contributed by atoms with Crippen LogP contribution in [0.1, 0.15) is 26.3 Å². The number of benzene rings is 1. The lowest BCUT2D eigenvalue weighted by Crippen LogP contribution is -2.41. The van der Waals surface area contributed by atoms with Crippen LogP contribution in [0.25, 0.3) is 0 Å². The zero-order valence-corrected chi connectivity index (χ0v) is 13.3. The Labute approximate surface area is 129 Å². The highest BCUT2D eigenvalue weighted by Gasteiger charge is 2.28. The standard InChI is InChI=1S/C15H21NO6/c1-9(13(17)18)16-14(19)22-15(2,3)10-6-11(20-4)8-12(7-10)21-5/h6-9H,1-5H3,(H,16,19)(H,17,18). The van der Waals surface area contributed by atoms with Crippen molar-refractivity contribution < 1.29 is 28.9 Å². The van der Waals surface area contributed by atoms with Crippen molar-refractivity contribution in [3.63, 3.8) is 0 Å². The van der Waals surface area contributed by atoms with E-state index in [4.69, 9.17) is 19.3 Å². The van der Waals surface area contributed by atoms with Gasteiger partial charge in [0.2, 0.25) is 0 Å². The molecular formula is C15H21NO6. The number of rotatable bonds is 6. The van der Waals surface area contributed by atoms with Gasteiger partial charge in [-0.3, -0.25) is 4.79 Å². The smallest absolute Gasteiger partial charge is 0.408 e. The lowest BCUT2D eigenvalue weighted by molar-refractivity contribution is -0.139. The number of nitrogens with one attached hydrogen (secondary N) is 1. The number of methoxy groups -OCH3 is 2. The second-order valence-electron chi connectivity index (χ2n) is 5.21. The second-order valence-corrected chi connectivity index (χ2v) is 5.21. The van der Waals surface area contributed by atoms with Crippen LogP contribution in [0.5, 0.6) is 11.5 Å². The zero-order valence-electron chi connectivity index (χ0n) is 13.3. The number of hydrogen-bond acceptors (Lipinski definition) is 5. The predicted octanol–water partition coefficient (Wildman–Crippen LogP) is 2.14. The van der Waals surface area contributed by atoms with Crippen LogP contribution in [-0.2, 0) is 15.1 Å².